The van der Waals surface area contributed by atoms with Gasteiger partial charge in [0.15, 0.2) is 5.96 Å². The molecule has 1 aromatic carbocycles. The maximum absolute atomic E-state index is 5.78. The lowest BCUT2D eigenvalue weighted by Gasteiger charge is -2.16. The molecule has 0 radical (unpaired) electrons. The van der Waals surface area contributed by atoms with E-state index in [4.69, 9.17) is 9.15 Å². The molecule has 2 rings (SSSR count). The second-order valence-electron chi connectivity index (χ2n) is 5.76. The van der Waals surface area contributed by atoms with E-state index in [1.54, 1.807) is 6.26 Å². The van der Waals surface area contributed by atoms with Crippen LogP contribution in [0.4, 0.5) is 0 Å². The standard InChI is InChI=1S/C19H27N3O2/c1-3-20-19(22-13-18-10-7-11-24-18)21-12-16(2)14-23-15-17-8-5-4-6-9-17/h4-11,16H,3,12-15H2,1-2H3,(H2,20,21,22). The number of rotatable bonds is 9. The smallest absolute Gasteiger partial charge is 0.191 e. The minimum atomic E-state index is 0.390. The molecule has 2 aromatic rings. The zero-order valence-electron chi connectivity index (χ0n) is 14.5. The number of furan rings is 1. The van der Waals surface area contributed by atoms with Gasteiger partial charge in [-0.25, -0.2) is 4.99 Å². The molecule has 0 spiro atoms. The molecule has 1 atom stereocenters. The van der Waals surface area contributed by atoms with Gasteiger partial charge in [-0.15, -0.1) is 0 Å². The van der Waals surface area contributed by atoms with Gasteiger partial charge < -0.3 is 19.8 Å². The quantitative estimate of drug-likeness (QED) is 0.548. The molecule has 0 bridgehead atoms. The third-order valence-electron chi connectivity index (χ3n) is 3.45. The zero-order chi connectivity index (χ0) is 17.0. The number of benzene rings is 1. The van der Waals surface area contributed by atoms with E-state index in [0.717, 1.165) is 24.8 Å². The van der Waals surface area contributed by atoms with Crippen molar-refractivity contribution < 1.29 is 9.15 Å². The summed E-state index contributed by atoms with van der Waals surface area (Å²) in [7, 11) is 0. The van der Waals surface area contributed by atoms with Crippen LogP contribution in [-0.4, -0.2) is 25.7 Å². The molecular weight excluding hydrogens is 302 g/mol. The molecular formula is C19H27N3O2. The summed E-state index contributed by atoms with van der Waals surface area (Å²) in [6, 6.07) is 14.0. The van der Waals surface area contributed by atoms with Crippen molar-refractivity contribution in [3.63, 3.8) is 0 Å². The van der Waals surface area contributed by atoms with Crippen LogP contribution in [0.5, 0.6) is 0 Å². The predicted octanol–water partition coefficient (Wildman–Crippen LogP) is 3.19. The Morgan fingerprint density at radius 1 is 1.17 bits per heavy atom. The second kappa shape index (κ2) is 10.5. The largest absolute Gasteiger partial charge is 0.467 e. The fourth-order valence-electron chi connectivity index (χ4n) is 2.18. The average Bonchev–Trinajstić information content (AvgIpc) is 3.12. The molecule has 0 aliphatic heterocycles. The van der Waals surface area contributed by atoms with Crippen LogP contribution in [0.1, 0.15) is 25.2 Å². The number of ether oxygens (including phenoxy) is 1. The number of guanidine groups is 1. The highest BCUT2D eigenvalue weighted by Crippen LogP contribution is 2.03. The Morgan fingerprint density at radius 3 is 2.71 bits per heavy atom. The van der Waals surface area contributed by atoms with E-state index in [2.05, 4.69) is 41.6 Å². The number of nitrogens with zero attached hydrogens (tertiary/aromatic N) is 1. The first-order valence-electron chi connectivity index (χ1n) is 8.44. The van der Waals surface area contributed by atoms with Crippen LogP contribution in [0.25, 0.3) is 0 Å². The third kappa shape index (κ3) is 6.87. The summed E-state index contributed by atoms with van der Waals surface area (Å²) in [5.41, 5.74) is 1.20. The molecule has 0 aliphatic rings. The molecule has 0 aliphatic carbocycles. The molecule has 0 saturated heterocycles. The summed E-state index contributed by atoms with van der Waals surface area (Å²) in [4.78, 5) is 4.52. The maximum Gasteiger partial charge on any atom is 0.191 e. The van der Waals surface area contributed by atoms with Crippen molar-refractivity contribution in [1.29, 1.82) is 0 Å². The monoisotopic (exact) mass is 329 g/mol. The van der Waals surface area contributed by atoms with Gasteiger partial charge in [-0.2, -0.15) is 0 Å². The summed E-state index contributed by atoms with van der Waals surface area (Å²) in [6.45, 7) is 7.73. The van der Waals surface area contributed by atoms with Crippen molar-refractivity contribution in [2.24, 2.45) is 10.9 Å². The SMILES string of the molecule is CCNC(=NCc1ccco1)NCC(C)COCc1ccccc1. The highest BCUT2D eigenvalue weighted by atomic mass is 16.5. The minimum Gasteiger partial charge on any atom is -0.467 e. The van der Waals surface area contributed by atoms with E-state index < -0.39 is 0 Å². The van der Waals surface area contributed by atoms with Gasteiger partial charge in [-0.1, -0.05) is 37.3 Å². The summed E-state index contributed by atoms with van der Waals surface area (Å²) in [5, 5.41) is 6.59. The van der Waals surface area contributed by atoms with Crippen LogP contribution in [0.3, 0.4) is 0 Å². The Bertz CT molecular complexity index is 582. The van der Waals surface area contributed by atoms with Crippen molar-refractivity contribution in [3.05, 3.63) is 60.1 Å². The first-order chi connectivity index (χ1) is 11.8. The van der Waals surface area contributed by atoms with Crippen LogP contribution in [0, 0.1) is 5.92 Å². The Labute approximate surface area is 144 Å². The van der Waals surface area contributed by atoms with Crippen LogP contribution in [0.15, 0.2) is 58.1 Å². The van der Waals surface area contributed by atoms with Gasteiger partial charge in [0.1, 0.15) is 12.3 Å². The van der Waals surface area contributed by atoms with Crippen LogP contribution >= 0.6 is 0 Å². The molecule has 5 heteroatoms. The Morgan fingerprint density at radius 2 is 2.00 bits per heavy atom. The molecule has 1 unspecified atom stereocenters. The first kappa shape index (κ1) is 18.1. The highest BCUT2D eigenvalue weighted by Gasteiger charge is 2.05. The van der Waals surface area contributed by atoms with Crippen molar-refractivity contribution in [2.45, 2.75) is 27.0 Å². The zero-order valence-corrected chi connectivity index (χ0v) is 14.5. The first-order valence-corrected chi connectivity index (χ1v) is 8.44. The predicted molar refractivity (Wildman–Crippen MR) is 96.8 cm³/mol. The van der Waals surface area contributed by atoms with E-state index in [-0.39, 0.29) is 0 Å². The van der Waals surface area contributed by atoms with Crippen molar-refractivity contribution in [3.8, 4) is 0 Å². The fraction of sp³-hybridized carbons (Fsp3) is 0.421. The molecule has 0 fully saturated rings. The molecule has 1 aromatic heterocycles. The summed E-state index contributed by atoms with van der Waals surface area (Å²) in [5.74, 6) is 2.04. The van der Waals surface area contributed by atoms with Gasteiger partial charge in [0, 0.05) is 13.1 Å². The molecule has 0 amide bonds. The molecule has 0 saturated carbocycles. The Hall–Kier alpha value is -2.27. The van der Waals surface area contributed by atoms with Gasteiger partial charge in [-0.05, 0) is 30.5 Å². The minimum absolute atomic E-state index is 0.390. The van der Waals surface area contributed by atoms with Gasteiger partial charge in [0.25, 0.3) is 0 Å². The Kier molecular flexibility index (Phi) is 7.90. The van der Waals surface area contributed by atoms with Gasteiger partial charge in [0.2, 0.25) is 0 Å². The van der Waals surface area contributed by atoms with E-state index in [9.17, 15) is 0 Å². The van der Waals surface area contributed by atoms with E-state index in [1.165, 1.54) is 5.56 Å². The molecule has 2 N–H and O–H groups in total. The van der Waals surface area contributed by atoms with Gasteiger partial charge in [-0.3, -0.25) is 0 Å². The lowest BCUT2D eigenvalue weighted by molar-refractivity contribution is 0.0931. The van der Waals surface area contributed by atoms with Crippen LogP contribution in [-0.2, 0) is 17.9 Å². The van der Waals surface area contributed by atoms with E-state index >= 15 is 0 Å². The van der Waals surface area contributed by atoms with Crippen molar-refractivity contribution in [2.75, 3.05) is 19.7 Å². The van der Waals surface area contributed by atoms with Crippen LogP contribution < -0.4 is 10.6 Å². The third-order valence-corrected chi connectivity index (χ3v) is 3.45. The molecule has 24 heavy (non-hydrogen) atoms. The molecule has 5 nitrogen and oxygen atoms in total. The lowest BCUT2D eigenvalue weighted by atomic mass is 10.2. The molecule has 1 heterocycles. The molecule has 130 valence electrons. The van der Waals surface area contributed by atoms with E-state index in [1.807, 2.05) is 30.3 Å². The fourth-order valence-corrected chi connectivity index (χ4v) is 2.18. The van der Waals surface area contributed by atoms with E-state index in [0.29, 0.717) is 25.7 Å². The van der Waals surface area contributed by atoms with Gasteiger partial charge >= 0.3 is 0 Å². The maximum atomic E-state index is 5.78. The topological polar surface area (TPSA) is 58.8 Å². The van der Waals surface area contributed by atoms with Crippen LogP contribution in [0.2, 0.25) is 0 Å². The Balaban J connectivity index is 1.69. The number of hydrogen-bond acceptors (Lipinski definition) is 3. The normalized spacial score (nSPS) is 12.8. The number of nitrogens with one attached hydrogen (secondary N) is 2. The highest BCUT2D eigenvalue weighted by molar-refractivity contribution is 5.79. The second-order valence-corrected chi connectivity index (χ2v) is 5.76. The van der Waals surface area contributed by atoms with Crippen molar-refractivity contribution in [1.82, 2.24) is 10.6 Å². The average molecular weight is 329 g/mol. The van der Waals surface area contributed by atoms with Crippen molar-refractivity contribution >= 4 is 5.96 Å². The summed E-state index contributed by atoms with van der Waals surface area (Å²) >= 11 is 0. The lowest BCUT2D eigenvalue weighted by Crippen LogP contribution is -2.40. The number of aliphatic imine (C=N–C) groups is 1. The summed E-state index contributed by atoms with van der Waals surface area (Å²) < 4.78 is 11.1. The summed E-state index contributed by atoms with van der Waals surface area (Å²) in [6.07, 6.45) is 1.66. The number of hydrogen-bond donors (Lipinski definition) is 2. The van der Waals surface area contributed by atoms with Gasteiger partial charge in [0.05, 0.1) is 19.5 Å².